The molecular formula is C9H3F9. The smallest absolute Gasteiger partial charge is 0.218 e. The van der Waals surface area contributed by atoms with Gasteiger partial charge in [0.1, 0.15) is 11.6 Å². The highest BCUT2D eigenvalue weighted by Gasteiger charge is 2.73. The Morgan fingerprint density at radius 1 is 0.611 bits per heavy atom. The summed E-state index contributed by atoms with van der Waals surface area (Å²) in [6.07, 6.45) is -12.8. The maximum absolute atomic E-state index is 13.3. The Balaban J connectivity index is 3.55. The molecule has 9 heteroatoms. The molecule has 0 aliphatic heterocycles. The van der Waals surface area contributed by atoms with Crippen molar-refractivity contribution in [2.45, 2.75) is 18.0 Å². The molecule has 0 amide bonds. The number of halogens is 9. The minimum atomic E-state index is -6.40. The highest BCUT2D eigenvalue weighted by atomic mass is 19.4. The predicted molar refractivity (Wildman–Crippen MR) is 41.3 cm³/mol. The van der Waals surface area contributed by atoms with Crippen LogP contribution in [0.3, 0.4) is 0 Å². The van der Waals surface area contributed by atoms with Crippen LogP contribution in [0.5, 0.6) is 0 Å². The van der Waals surface area contributed by atoms with Crippen molar-refractivity contribution in [1.82, 2.24) is 0 Å². The van der Waals surface area contributed by atoms with Gasteiger partial charge in [-0.2, -0.15) is 26.3 Å². The number of hydrogen-bond donors (Lipinski definition) is 0. The van der Waals surface area contributed by atoms with Crippen LogP contribution in [0.2, 0.25) is 0 Å². The molecule has 0 fully saturated rings. The van der Waals surface area contributed by atoms with E-state index in [-0.39, 0.29) is 18.2 Å². The molecule has 1 aromatic rings. The van der Waals surface area contributed by atoms with Gasteiger partial charge in [0, 0.05) is 11.6 Å². The quantitative estimate of drug-likeness (QED) is 0.675. The zero-order valence-corrected chi connectivity index (χ0v) is 8.13. The van der Waals surface area contributed by atoms with E-state index in [1.165, 1.54) is 0 Å². The lowest BCUT2D eigenvalue weighted by Crippen LogP contribution is -2.50. The molecule has 0 nitrogen and oxygen atoms in total. The second kappa shape index (κ2) is 4.06. The molecule has 0 N–H and O–H groups in total. The first-order chi connectivity index (χ1) is 7.89. The predicted octanol–water partition coefficient (Wildman–Crippen LogP) is 4.25. The van der Waals surface area contributed by atoms with Crippen LogP contribution in [0.25, 0.3) is 0 Å². The minimum Gasteiger partial charge on any atom is -0.218 e. The van der Waals surface area contributed by atoms with E-state index in [9.17, 15) is 39.5 Å². The van der Waals surface area contributed by atoms with Gasteiger partial charge in [0.15, 0.2) is 0 Å². The average Bonchev–Trinajstić information content (AvgIpc) is 2.11. The zero-order chi connectivity index (χ0) is 14.4. The van der Waals surface area contributed by atoms with Crippen LogP contribution < -0.4 is 0 Å². The van der Waals surface area contributed by atoms with Crippen LogP contribution in [0, 0.1) is 11.6 Å². The zero-order valence-electron chi connectivity index (χ0n) is 8.13. The third-order valence-electron chi connectivity index (χ3n) is 2.04. The summed E-state index contributed by atoms with van der Waals surface area (Å²) >= 11 is 0. The van der Waals surface area contributed by atoms with Crippen LogP contribution in [-0.4, -0.2) is 12.4 Å². The summed E-state index contributed by atoms with van der Waals surface area (Å²) in [5.41, 5.74) is -8.02. The summed E-state index contributed by atoms with van der Waals surface area (Å²) in [4.78, 5) is 0. The molecule has 0 heterocycles. The van der Waals surface area contributed by atoms with Crippen LogP contribution in [0.15, 0.2) is 18.2 Å². The van der Waals surface area contributed by atoms with E-state index in [0.717, 1.165) is 0 Å². The third-order valence-corrected chi connectivity index (χ3v) is 2.04. The van der Waals surface area contributed by atoms with Gasteiger partial charge in [-0.15, -0.1) is 0 Å². The van der Waals surface area contributed by atoms with Gasteiger partial charge in [-0.3, -0.25) is 0 Å². The molecule has 1 aromatic carbocycles. The number of hydrogen-bond acceptors (Lipinski definition) is 0. The third kappa shape index (κ3) is 2.25. The monoisotopic (exact) mass is 282 g/mol. The first-order valence-corrected chi connectivity index (χ1v) is 4.18. The molecule has 0 spiro atoms. The molecular weight excluding hydrogens is 279 g/mol. The van der Waals surface area contributed by atoms with E-state index in [2.05, 4.69) is 0 Å². The lowest BCUT2D eigenvalue weighted by atomic mass is 9.94. The summed E-state index contributed by atoms with van der Waals surface area (Å²) < 4.78 is 112. The Bertz CT molecular complexity index is 408. The second-order valence-corrected chi connectivity index (χ2v) is 3.31. The fourth-order valence-corrected chi connectivity index (χ4v) is 1.24. The molecule has 0 saturated carbocycles. The van der Waals surface area contributed by atoms with Crippen LogP contribution >= 0.6 is 0 Å². The first kappa shape index (κ1) is 14.7. The van der Waals surface area contributed by atoms with E-state index in [1.807, 2.05) is 0 Å². The molecule has 0 aliphatic carbocycles. The first-order valence-electron chi connectivity index (χ1n) is 4.18. The maximum Gasteiger partial charge on any atom is 0.435 e. The molecule has 1 rings (SSSR count). The Morgan fingerprint density at radius 3 is 1.22 bits per heavy atom. The highest BCUT2D eigenvalue weighted by Crippen LogP contribution is 2.53. The van der Waals surface area contributed by atoms with Crippen molar-refractivity contribution in [2.24, 2.45) is 0 Å². The van der Waals surface area contributed by atoms with E-state index in [1.54, 1.807) is 0 Å². The van der Waals surface area contributed by atoms with Crippen molar-refractivity contribution in [1.29, 1.82) is 0 Å². The molecule has 0 bridgehead atoms. The SMILES string of the molecule is Fc1cc(F)cc(C(F)(C(F)(F)F)C(F)(F)F)c1. The van der Waals surface area contributed by atoms with E-state index in [0.29, 0.717) is 0 Å². The Morgan fingerprint density at radius 2 is 0.944 bits per heavy atom. The summed E-state index contributed by atoms with van der Waals surface area (Å²) in [5.74, 6) is -3.50. The molecule has 0 aromatic heterocycles. The number of rotatable bonds is 1. The van der Waals surface area contributed by atoms with Crippen molar-refractivity contribution >= 4 is 0 Å². The van der Waals surface area contributed by atoms with Gasteiger partial charge in [0.25, 0.3) is 0 Å². The summed E-state index contributed by atoms with van der Waals surface area (Å²) in [6.45, 7) is 0. The van der Waals surface area contributed by atoms with Gasteiger partial charge in [-0.25, -0.2) is 13.2 Å². The summed E-state index contributed by atoms with van der Waals surface area (Å²) in [6, 6.07) is -0.690. The van der Waals surface area contributed by atoms with E-state index < -0.39 is 35.2 Å². The molecule has 102 valence electrons. The summed E-state index contributed by atoms with van der Waals surface area (Å²) in [7, 11) is 0. The number of benzene rings is 1. The fourth-order valence-electron chi connectivity index (χ4n) is 1.24. The average molecular weight is 282 g/mol. The topological polar surface area (TPSA) is 0 Å². The van der Waals surface area contributed by atoms with Crippen molar-refractivity contribution in [3.8, 4) is 0 Å². The van der Waals surface area contributed by atoms with Gasteiger partial charge < -0.3 is 0 Å². The Kier molecular flexibility index (Phi) is 3.30. The van der Waals surface area contributed by atoms with Gasteiger partial charge in [0.2, 0.25) is 0 Å². The van der Waals surface area contributed by atoms with Crippen molar-refractivity contribution < 1.29 is 39.5 Å². The highest BCUT2D eigenvalue weighted by molar-refractivity contribution is 5.28. The molecule has 0 saturated heterocycles. The molecule has 18 heavy (non-hydrogen) atoms. The largest absolute Gasteiger partial charge is 0.435 e. The molecule has 0 unspecified atom stereocenters. The summed E-state index contributed by atoms with van der Waals surface area (Å²) in [5, 5.41) is 0. The minimum absolute atomic E-state index is 0.0245. The van der Waals surface area contributed by atoms with E-state index >= 15 is 0 Å². The number of alkyl halides is 7. The van der Waals surface area contributed by atoms with E-state index in [4.69, 9.17) is 0 Å². The standard InChI is InChI=1S/C9H3F9/c10-5-1-4(2-6(11)3-5)7(12,8(13,14)15)9(16,17)18/h1-3H. The van der Waals surface area contributed by atoms with Gasteiger partial charge in [0.05, 0.1) is 0 Å². The Labute approximate surface area is 94.0 Å². The van der Waals surface area contributed by atoms with Crippen molar-refractivity contribution in [3.05, 3.63) is 35.4 Å². The molecule has 0 atom stereocenters. The lowest BCUT2D eigenvalue weighted by Gasteiger charge is -2.30. The van der Waals surface area contributed by atoms with Crippen LogP contribution in [-0.2, 0) is 5.67 Å². The second-order valence-electron chi connectivity index (χ2n) is 3.31. The molecule has 0 radical (unpaired) electrons. The maximum atomic E-state index is 13.3. The van der Waals surface area contributed by atoms with Gasteiger partial charge in [-0.1, -0.05) is 0 Å². The Hall–Kier alpha value is -1.41. The van der Waals surface area contributed by atoms with Crippen LogP contribution in [0.1, 0.15) is 5.56 Å². The van der Waals surface area contributed by atoms with Crippen LogP contribution in [0.4, 0.5) is 39.5 Å². The van der Waals surface area contributed by atoms with Gasteiger partial charge in [-0.05, 0) is 12.1 Å². The molecule has 0 aliphatic rings. The normalized spacial score (nSPS) is 13.8. The lowest BCUT2D eigenvalue weighted by molar-refractivity contribution is -0.348. The van der Waals surface area contributed by atoms with Crippen molar-refractivity contribution in [2.75, 3.05) is 0 Å². The van der Waals surface area contributed by atoms with Crippen molar-refractivity contribution in [3.63, 3.8) is 0 Å². The van der Waals surface area contributed by atoms with Gasteiger partial charge >= 0.3 is 18.0 Å². The fraction of sp³-hybridized carbons (Fsp3) is 0.333.